The lowest BCUT2D eigenvalue weighted by molar-refractivity contribution is 0.102. The molecular weight excluding hydrogens is 544 g/mol. The normalized spacial score (nSPS) is 11.9. The van der Waals surface area contributed by atoms with Crippen LogP contribution < -0.4 is 25.5 Å². The molecule has 0 radical (unpaired) electrons. The van der Waals surface area contributed by atoms with Crippen molar-refractivity contribution < 1.29 is 14.3 Å². The SMILES string of the molecule is COc1ccc(C(C)NCCCCCc2ccc(NC(=O)c3cccc4c(=O)c5ccccc5sc34)cc2)cc1OC. The average Bonchev–Trinajstić information content (AvgIpc) is 3.02. The number of benzene rings is 4. The second-order valence-electron chi connectivity index (χ2n) is 10.4. The molecule has 1 heterocycles. The van der Waals surface area contributed by atoms with E-state index in [0.29, 0.717) is 21.0 Å². The molecule has 4 aromatic carbocycles. The zero-order chi connectivity index (χ0) is 29.5. The van der Waals surface area contributed by atoms with Gasteiger partial charge in [0.1, 0.15) is 0 Å². The van der Waals surface area contributed by atoms with Gasteiger partial charge in [-0.05, 0) is 92.4 Å². The molecule has 1 atom stereocenters. The fraction of sp³-hybridized carbons (Fsp3) is 0.257. The Kier molecular flexibility index (Phi) is 9.52. The van der Waals surface area contributed by atoms with E-state index >= 15 is 0 Å². The highest BCUT2D eigenvalue weighted by molar-refractivity contribution is 7.24. The number of rotatable bonds is 12. The van der Waals surface area contributed by atoms with Crippen LogP contribution in [-0.4, -0.2) is 26.7 Å². The highest BCUT2D eigenvalue weighted by Gasteiger charge is 2.15. The van der Waals surface area contributed by atoms with E-state index in [1.807, 2.05) is 48.5 Å². The molecule has 0 aliphatic rings. The molecule has 5 rings (SSSR count). The predicted molar refractivity (Wildman–Crippen MR) is 174 cm³/mol. The molecule has 1 aromatic heterocycles. The highest BCUT2D eigenvalue weighted by atomic mass is 32.1. The number of ether oxygens (including phenoxy) is 2. The summed E-state index contributed by atoms with van der Waals surface area (Å²) in [7, 11) is 3.30. The monoisotopic (exact) mass is 580 g/mol. The molecule has 1 unspecified atom stereocenters. The largest absolute Gasteiger partial charge is 0.493 e. The number of nitrogens with one attached hydrogen (secondary N) is 2. The summed E-state index contributed by atoms with van der Waals surface area (Å²) in [5.41, 5.74) is 3.63. The summed E-state index contributed by atoms with van der Waals surface area (Å²) in [4.78, 5) is 26.2. The standard InChI is InChI=1S/C35H36N2O4S/c1-23(25-17-20-30(40-2)31(22-25)41-3)36-21-8-4-5-10-24-15-18-26(19-16-24)37-35(39)29-13-9-12-28-33(38)27-11-6-7-14-32(27)42-34(28)29/h6-7,9,11-20,22-23,36H,4-5,8,10,21H2,1-3H3,(H,37,39). The second-order valence-corrected chi connectivity index (χ2v) is 11.4. The zero-order valence-corrected chi connectivity index (χ0v) is 25.1. The van der Waals surface area contributed by atoms with Crippen LogP contribution in [0.3, 0.4) is 0 Å². The lowest BCUT2D eigenvalue weighted by atomic mass is 10.1. The van der Waals surface area contributed by atoms with Gasteiger partial charge in [0.15, 0.2) is 16.9 Å². The average molecular weight is 581 g/mol. The smallest absolute Gasteiger partial charge is 0.257 e. The first-order valence-electron chi connectivity index (χ1n) is 14.3. The molecule has 42 heavy (non-hydrogen) atoms. The molecule has 1 amide bonds. The Morgan fingerprint density at radius 1 is 0.833 bits per heavy atom. The number of carbonyl (C=O) groups excluding carboxylic acids is 1. The zero-order valence-electron chi connectivity index (χ0n) is 24.2. The number of amides is 1. The van der Waals surface area contributed by atoms with E-state index in [1.165, 1.54) is 22.5 Å². The lowest BCUT2D eigenvalue weighted by Gasteiger charge is -2.16. The van der Waals surface area contributed by atoms with Gasteiger partial charge in [0.05, 0.1) is 24.5 Å². The van der Waals surface area contributed by atoms with Crippen LogP contribution in [0.1, 0.15) is 53.7 Å². The number of aryl methyl sites for hydroxylation is 1. The van der Waals surface area contributed by atoms with E-state index in [4.69, 9.17) is 9.47 Å². The van der Waals surface area contributed by atoms with Gasteiger partial charge in [-0.2, -0.15) is 0 Å². The van der Waals surface area contributed by atoms with E-state index in [0.717, 1.165) is 54.1 Å². The Bertz CT molecular complexity index is 1750. The molecule has 0 fully saturated rings. The number of unbranched alkanes of at least 4 members (excludes halogenated alkanes) is 2. The van der Waals surface area contributed by atoms with Crippen molar-refractivity contribution in [3.63, 3.8) is 0 Å². The molecule has 0 aliphatic heterocycles. The van der Waals surface area contributed by atoms with Crippen LogP contribution >= 0.6 is 11.3 Å². The van der Waals surface area contributed by atoms with Crippen molar-refractivity contribution in [1.29, 1.82) is 0 Å². The first-order valence-corrected chi connectivity index (χ1v) is 15.1. The molecule has 0 aliphatic carbocycles. The van der Waals surface area contributed by atoms with E-state index in [2.05, 4.69) is 35.8 Å². The van der Waals surface area contributed by atoms with Crippen molar-refractivity contribution in [3.8, 4) is 11.5 Å². The third-order valence-electron chi connectivity index (χ3n) is 7.56. The van der Waals surface area contributed by atoms with Crippen LogP contribution in [0.4, 0.5) is 5.69 Å². The van der Waals surface area contributed by atoms with E-state index in [1.54, 1.807) is 32.4 Å². The summed E-state index contributed by atoms with van der Waals surface area (Å²) in [6, 6.07) is 27.2. The third kappa shape index (κ3) is 6.64. The molecule has 5 aromatic rings. The van der Waals surface area contributed by atoms with Crippen LogP contribution in [-0.2, 0) is 6.42 Å². The summed E-state index contributed by atoms with van der Waals surface area (Å²) in [5.74, 6) is 1.27. The van der Waals surface area contributed by atoms with E-state index in [9.17, 15) is 9.59 Å². The molecule has 0 spiro atoms. The van der Waals surface area contributed by atoms with Crippen LogP contribution in [0.5, 0.6) is 11.5 Å². The van der Waals surface area contributed by atoms with Crippen molar-refractivity contribution in [1.82, 2.24) is 5.32 Å². The Labute approximate surface area is 250 Å². The molecule has 7 heteroatoms. The maximum Gasteiger partial charge on any atom is 0.257 e. The van der Waals surface area contributed by atoms with Gasteiger partial charge in [0, 0.05) is 27.2 Å². The first-order chi connectivity index (χ1) is 20.5. The van der Waals surface area contributed by atoms with Crippen molar-refractivity contribution in [2.24, 2.45) is 0 Å². The van der Waals surface area contributed by atoms with Gasteiger partial charge >= 0.3 is 0 Å². The minimum absolute atomic E-state index is 0.0402. The fourth-order valence-electron chi connectivity index (χ4n) is 5.15. The number of hydrogen-bond acceptors (Lipinski definition) is 6. The van der Waals surface area contributed by atoms with Gasteiger partial charge in [-0.3, -0.25) is 9.59 Å². The lowest BCUT2D eigenvalue weighted by Crippen LogP contribution is -2.19. The van der Waals surface area contributed by atoms with Gasteiger partial charge < -0.3 is 20.1 Å². The maximum absolute atomic E-state index is 13.2. The van der Waals surface area contributed by atoms with Crippen molar-refractivity contribution in [3.05, 3.63) is 112 Å². The first kappa shape index (κ1) is 29.3. The highest BCUT2D eigenvalue weighted by Crippen LogP contribution is 2.30. The number of fused-ring (bicyclic) bond motifs is 2. The number of anilines is 1. The van der Waals surface area contributed by atoms with Gasteiger partial charge in [0.25, 0.3) is 5.91 Å². The maximum atomic E-state index is 13.2. The van der Waals surface area contributed by atoms with Crippen LogP contribution in [0.25, 0.3) is 20.2 Å². The van der Waals surface area contributed by atoms with E-state index in [-0.39, 0.29) is 17.4 Å². The van der Waals surface area contributed by atoms with Gasteiger partial charge in [-0.1, -0.05) is 42.8 Å². The minimum atomic E-state index is -0.214. The molecular formula is C35H36N2O4S. The molecule has 0 saturated heterocycles. The Hall–Kier alpha value is -4.20. The second kappa shape index (κ2) is 13.6. The minimum Gasteiger partial charge on any atom is -0.493 e. The van der Waals surface area contributed by atoms with Crippen molar-refractivity contribution in [2.45, 2.75) is 38.6 Å². The molecule has 6 nitrogen and oxygen atoms in total. The molecule has 0 saturated carbocycles. The number of carbonyl (C=O) groups is 1. The third-order valence-corrected chi connectivity index (χ3v) is 8.78. The number of methoxy groups -OCH3 is 2. The summed E-state index contributed by atoms with van der Waals surface area (Å²) in [5, 5.41) is 7.86. The van der Waals surface area contributed by atoms with Gasteiger partial charge in [-0.15, -0.1) is 11.3 Å². The summed E-state index contributed by atoms with van der Waals surface area (Å²) in [6.07, 6.45) is 4.31. The topological polar surface area (TPSA) is 76.7 Å². The summed E-state index contributed by atoms with van der Waals surface area (Å²) < 4.78 is 12.3. The van der Waals surface area contributed by atoms with Crippen LogP contribution in [0, 0.1) is 0 Å². The quantitative estimate of drug-likeness (QED) is 0.117. The summed E-state index contributed by atoms with van der Waals surface area (Å²) in [6.45, 7) is 3.10. The molecule has 0 bridgehead atoms. The van der Waals surface area contributed by atoms with Gasteiger partial charge in [-0.25, -0.2) is 0 Å². The van der Waals surface area contributed by atoms with Gasteiger partial charge in [0.2, 0.25) is 0 Å². The molecule has 216 valence electrons. The van der Waals surface area contributed by atoms with Crippen molar-refractivity contribution >= 4 is 43.1 Å². The van der Waals surface area contributed by atoms with Crippen molar-refractivity contribution in [2.75, 3.05) is 26.1 Å². The Morgan fingerprint density at radius 3 is 2.38 bits per heavy atom. The Morgan fingerprint density at radius 2 is 1.60 bits per heavy atom. The molecule has 2 N–H and O–H groups in total. The summed E-state index contributed by atoms with van der Waals surface area (Å²) >= 11 is 1.48. The van der Waals surface area contributed by atoms with Crippen LogP contribution in [0.2, 0.25) is 0 Å². The predicted octanol–water partition coefficient (Wildman–Crippen LogP) is 7.75. The number of hydrogen-bond donors (Lipinski definition) is 2. The Balaban J connectivity index is 1.10. The van der Waals surface area contributed by atoms with E-state index < -0.39 is 0 Å². The fourth-order valence-corrected chi connectivity index (χ4v) is 6.32. The van der Waals surface area contributed by atoms with Crippen LogP contribution in [0.15, 0.2) is 89.7 Å².